The van der Waals surface area contributed by atoms with E-state index in [2.05, 4.69) is 10.6 Å². The van der Waals surface area contributed by atoms with E-state index in [4.69, 9.17) is 0 Å². The fourth-order valence-corrected chi connectivity index (χ4v) is 3.16. The van der Waals surface area contributed by atoms with Gasteiger partial charge >= 0.3 is 0 Å². The second-order valence-electron chi connectivity index (χ2n) is 4.39. The Kier molecular flexibility index (Phi) is 5.41. The number of rotatable bonds is 5. The van der Waals surface area contributed by atoms with Crippen molar-refractivity contribution in [1.82, 2.24) is 5.32 Å². The van der Waals surface area contributed by atoms with Crippen molar-refractivity contribution in [1.29, 1.82) is 0 Å². The summed E-state index contributed by atoms with van der Waals surface area (Å²) < 4.78 is 0. The summed E-state index contributed by atoms with van der Waals surface area (Å²) in [5, 5.41) is 7.71. The van der Waals surface area contributed by atoms with Crippen molar-refractivity contribution in [2.45, 2.75) is 11.8 Å². The van der Waals surface area contributed by atoms with Crippen LogP contribution in [-0.4, -0.2) is 24.6 Å². The molecule has 2 amide bonds. The maximum atomic E-state index is 12.0. The van der Waals surface area contributed by atoms with Gasteiger partial charge in [0.05, 0.1) is 11.3 Å². The Labute approximate surface area is 131 Å². The van der Waals surface area contributed by atoms with Crippen LogP contribution in [0.4, 0.5) is 5.00 Å². The summed E-state index contributed by atoms with van der Waals surface area (Å²) in [7, 11) is 1.57. The molecule has 0 fully saturated rings. The molecule has 0 radical (unpaired) electrons. The Hall–Kier alpha value is -1.79. The highest BCUT2D eigenvalue weighted by molar-refractivity contribution is 8.00. The molecule has 0 unspecified atom stereocenters. The number of amides is 2. The molecule has 0 aliphatic heterocycles. The molecule has 0 atom stereocenters. The number of anilines is 1. The molecule has 4 nitrogen and oxygen atoms in total. The lowest BCUT2D eigenvalue weighted by atomic mass is 10.2. The summed E-state index contributed by atoms with van der Waals surface area (Å²) in [6.45, 7) is 2.03. The number of thiophene rings is 1. The maximum Gasteiger partial charge on any atom is 0.254 e. The van der Waals surface area contributed by atoms with E-state index < -0.39 is 0 Å². The second kappa shape index (κ2) is 7.28. The highest BCUT2D eigenvalue weighted by Crippen LogP contribution is 2.24. The number of carbonyl (C=O) groups is 2. The number of hydrogen-bond donors (Lipinski definition) is 2. The Morgan fingerprint density at radius 1 is 1.19 bits per heavy atom. The van der Waals surface area contributed by atoms with Crippen molar-refractivity contribution in [3.8, 4) is 0 Å². The number of carbonyl (C=O) groups excluding carboxylic acids is 2. The summed E-state index contributed by atoms with van der Waals surface area (Å²) in [4.78, 5) is 24.6. The SMILES string of the molecule is CNC(=O)c1ccsc1NC(=O)CSc1ccc(C)cc1. The highest BCUT2D eigenvalue weighted by Gasteiger charge is 2.13. The second-order valence-corrected chi connectivity index (χ2v) is 6.36. The minimum atomic E-state index is -0.197. The number of hydrogen-bond acceptors (Lipinski definition) is 4. The summed E-state index contributed by atoms with van der Waals surface area (Å²) in [6, 6.07) is 9.72. The molecule has 2 aromatic rings. The van der Waals surface area contributed by atoms with E-state index in [1.54, 1.807) is 18.5 Å². The molecule has 1 aromatic heterocycles. The molecule has 2 rings (SSSR count). The molecule has 0 saturated heterocycles. The first-order valence-corrected chi connectivity index (χ1v) is 8.25. The van der Waals surface area contributed by atoms with Gasteiger partial charge in [-0.3, -0.25) is 9.59 Å². The van der Waals surface area contributed by atoms with E-state index in [1.165, 1.54) is 28.7 Å². The molecule has 1 heterocycles. The van der Waals surface area contributed by atoms with Crippen molar-refractivity contribution < 1.29 is 9.59 Å². The molecular formula is C15H16N2O2S2. The topological polar surface area (TPSA) is 58.2 Å². The minimum absolute atomic E-state index is 0.117. The van der Waals surface area contributed by atoms with Crippen molar-refractivity contribution >= 4 is 39.9 Å². The quantitative estimate of drug-likeness (QED) is 0.832. The first kappa shape index (κ1) is 15.6. The summed E-state index contributed by atoms with van der Waals surface area (Å²) in [6.07, 6.45) is 0. The third-order valence-electron chi connectivity index (χ3n) is 2.78. The average Bonchev–Trinajstić information content (AvgIpc) is 2.94. The highest BCUT2D eigenvalue weighted by atomic mass is 32.2. The summed E-state index contributed by atoms with van der Waals surface area (Å²) >= 11 is 2.81. The van der Waals surface area contributed by atoms with Crippen LogP contribution in [0.2, 0.25) is 0 Å². The van der Waals surface area contributed by atoms with Gasteiger partial charge in [0.15, 0.2) is 0 Å². The predicted octanol–water partition coefficient (Wildman–Crippen LogP) is 3.15. The molecule has 0 saturated carbocycles. The molecular weight excluding hydrogens is 304 g/mol. The van der Waals surface area contributed by atoms with Crippen LogP contribution in [0.1, 0.15) is 15.9 Å². The first-order chi connectivity index (χ1) is 10.1. The number of aryl methyl sites for hydroxylation is 1. The van der Waals surface area contributed by atoms with E-state index in [1.807, 2.05) is 31.2 Å². The molecule has 0 aliphatic carbocycles. The number of nitrogens with one attached hydrogen (secondary N) is 2. The van der Waals surface area contributed by atoms with E-state index >= 15 is 0 Å². The summed E-state index contributed by atoms with van der Waals surface area (Å²) in [5.41, 5.74) is 1.69. The van der Waals surface area contributed by atoms with Gasteiger partial charge in [-0.1, -0.05) is 17.7 Å². The Morgan fingerprint density at radius 2 is 1.90 bits per heavy atom. The van der Waals surface area contributed by atoms with Gasteiger partial charge in [0, 0.05) is 11.9 Å². The third-order valence-corrected chi connectivity index (χ3v) is 4.62. The largest absolute Gasteiger partial charge is 0.355 e. The van der Waals surface area contributed by atoms with E-state index in [0.29, 0.717) is 16.3 Å². The maximum absolute atomic E-state index is 12.0. The molecule has 6 heteroatoms. The van der Waals surface area contributed by atoms with Crippen LogP contribution in [0.15, 0.2) is 40.6 Å². The molecule has 0 spiro atoms. The normalized spacial score (nSPS) is 10.2. The molecule has 2 N–H and O–H groups in total. The molecule has 0 bridgehead atoms. The van der Waals surface area contributed by atoms with Crippen LogP contribution >= 0.6 is 23.1 Å². The van der Waals surface area contributed by atoms with Crippen molar-refractivity contribution in [2.24, 2.45) is 0 Å². The van der Waals surface area contributed by atoms with Crippen LogP contribution in [0, 0.1) is 6.92 Å². The van der Waals surface area contributed by atoms with Crippen LogP contribution in [0.25, 0.3) is 0 Å². The van der Waals surface area contributed by atoms with Crippen molar-refractivity contribution in [2.75, 3.05) is 18.1 Å². The zero-order chi connectivity index (χ0) is 15.2. The smallest absolute Gasteiger partial charge is 0.254 e. The third kappa shape index (κ3) is 4.34. The standard InChI is InChI=1S/C15H16N2O2S2/c1-10-3-5-11(6-4-10)21-9-13(18)17-15-12(7-8-20-15)14(19)16-2/h3-8H,9H2,1-2H3,(H,16,19)(H,17,18). The molecule has 110 valence electrons. The van der Waals surface area contributed by atoms with Gasteiger partial charge < -0.3 is 10.6 Å². The van der Waals surface area contributed by atoms with Gasteiger partial charge in [-0.25, -0.2) is 0 Å². The summed E-state index contributed by atoms with van der Waals surface area (Å²) in [5.74, 6) is -0.000331. The monoisotopic (exact) mass is 320 g/mol. The first-order valence-electron chi connectivity index (χ1n) is 6.39. The van der Waals surface area contributed by atoms with Gasteiger partial charge in [-0.2, -0.15) is 0 Å². The predicted molar refractivity (Wildman–Crippen MR) is 88.2 cm³/mol. The lowest BCUT2D eigenvalue weighted by Crippen LogP contribution is -2.20. The van der Waals surface area contributed by atoms with E-state index in [0.717, 1.165) is 4.90 Å². The lowest BCUT2D eigenvalue weighted by Gasteiger charge is -2.06. The van der Waals surface area contributed by atoms with Crippen molar-refractivity contribution in [3.63, 3.8) is 0 Å². The van der Waals surface area contributed by atoms with E-state index in [-0.39, 0.29) is 11.8 Å². The van der Waals surface area contributed by atoms with Crippen LogP contribution in [0.5, 0.6) is 0 Å². The number of benzene rings is 1. The van der Waals surface area contributed by atoms with Gasteiger partial charge in [-0.05, 0) is 30.5 Å². The van der Waals surface area contributed by atoms with Crippen LogP contribution < -0.4 is 10.6 Å². The zero-order valence-corrected chi connectivity index (χ0v) is 13.4. The minimum Gasteiger partial charge on any atom is -0.355 e. The molecule has 0 aliphatic rings. The van der Waals surface area contributed by atoms with E-state index in [9.17, 15) is 9.59 Å². The Morgan fingerprint density at radius 3 is 2.57 bits per heavy atom. The van der Waals surface area contributed by atoms with Gasteiger partial charge in [-0.15, -0.1) is 23.1 Å². The Bertz CT molecular complexity index is 635. The zero-order valence-electron chi connectivity index (χ0n) is 11.8. The Balaban J connectivity index is 1.92. The van der Waals surface area contributed by atoms with Gasteiger partial charge in [0.1, 0.15) is 5.00 Å². The lowest BCUT2D eigenvalue weighted by molar-refractivity contribution is -0.113. The average molecular weight is 320 g/mol. The fourth-order valence-electron chi connectivity index (χ4n) is 1.67. The fraction of sp³-hybridized carbons (Fsp3) is 0.200. The molecule has 21 heavy (non-hydrogen) atoms. The van der Waals surface area contributed by atoms with Gasteiger partial charge in [0.2, 0.25) is 5.91 Å². The molecule has 1 aromatic carbocycles. The number of thioether (sulfide) groups is 1. The van der Waals surface area contributed by atoms with Crippen molar-refractivity contribution in [3.05, 3.63) is 46.8 Å². The van der Waals surface area contributed by atoms with Crippen LogP contribution in [0.3, 0.4) is 0 Å². The van der Waals surface area contributed by atoms with Gasteiger partial charge in [0.25, 0.3) is 5.91 Å². The van der Waals surface area contributed by atoms with Crippen LogP contribution in [-0.2, 0) is 4.79 Å².